The number of hydrogen-bond donors (Lipinski definition) is 2. The Balaban J connectivity index is 1.43. The highest BCUT2D eigenvalue weighted by molar-refractivity contribution is 9.10. The molecular formula is C30H19BrF3N3O3. The van der Waals surface area contributed by atoms with Crippen LogP contribution in [-0.4, -0.2) is 23.1 Å². The zero-order valence-electron chi connectivity index (χ0n) is 20.5. The molecule has 0 bridgehead atoms. The molecule has 0 fully saturated rings. The first kappa shape index (κ1) is 26.9. The molecule has 6 nitrogen and oxygen atoms in total. The molecule has 0 radical (unpaired) electrons. The fourth-order valence-electron chi connectivity index (χ4n) is 4.17. The van der Waals surface area contributed by atoms with Gasteiger partial charge in [-0.15, -0.1) is 0 Å². The van der Waals surface area contributed by atoms with Crippen LogP contribution in [0.3, 0.4) is 0 Å². The van der Waals surface area contributed by atoms with Crippen LogP contribution in [0, 0.1) is 0 Å². The van der Waals surface area contributed by atoms with Gasteiger partial charge in [0, 0.05) is 21.0 Å². The number of hydrogen-bond acceptors (Lipinski definition) is 4. The zero-order chi connectivity index (χ0) is 28.3. The van der Waals surface area contributed by atoms with Gasteiger partial charge in [-0.3, -0.25) is 4.79 Å². The van der Waals surface area contributed by atoms with Crippen LogP contribution in [0.2, 0.25) is 0 Å². The Labute approximate surface area is 234 Å². The second-order valence-electron chi connectivity index (χ2n) is 8.60. The third kappa shape index (κ3) is 5.67. The number of alkyl halides is 3. The number of benzene rings is 4. The summed E-state index contributed by atoms with van der Waals surface area (Å²) in [6.45, 7) is 0. The first-order valence-electron chi connectivity index (χ1n) is 11.9. The van der Waals surface area contributed by atoms with E-state index in [9.17, 15) is 22.8 Å². The Bertz CT molecular complexity index is 1730. The molecule has 0 spiro atoms. The molecule has 5 rings (SSSR count). The number of rotatable bonds is 6. The Morgan fingerprint density at radius 1 is 0.875 bits per heavy atom. The number of halogens is 4. The van der Waals surface area contributed by atoms with Crippen molar-refractivity contribution in [3.63, 3.8) is 0 Å². The van der Waals surface area contributed by atoms with Gasteiger partial charge in [-0.2, -0.15) is 18.3 Å². The second-order valence-corrected chi connectivity index (χ2v) is 9.52. The zero-order valence-corrected chi connectivity index (χ0v) is 22.1. The molecule has 0 unspecified atom stereocenters. The summed E-state index contributed by atoms with van der Waals surface area (Å²) in [6, 6.07) is 25.7. The largest absolute Gasteiger partial charge is 0.422 e. The van der Waals surface area contributed by atoms with Crippen molar-refractivity contribution in [3.8, 4) is 16.9 Å². The van der Waals surface area contributed by atoms with E-state index in [2.05, 4.69) is 31.4 Å². The van der Waals surface area contributed by atoms with E-state index in [1.807, 2.05) is 0 Å². The van der Waals surface area contributed by atoms with Gasteiger partial charge in [0.25, 0.3) is 5.91 Å². The normalized spacial score (nSPS) is 11.6. The Morgan fingerprint density at radius 3 is 2.30 bits per heavy atom. The summed E-state index contributed by atoms with van der Waals surface area (Å²) in [5, 5.41) is 4.23. The molecule has 0 aliphatic rings. The van der Waals surface area contributed by atoms with Crippen LogP contribution in [0.25, 0.3) is 22.0 Å². The van der Waals surface area contributed by atoms with Crippen LogP contribution in [0.1, 0.15) is 32.0 Å². The minimum atomic E-state index is -4.62. The SMILES string of the molecule is O=C(Oc1ccccc1C=NNC(=O)c1[nH]c2c(C(F)(F)F)cccc2c1-c1ccccc1)c1ccc(Br)cc1. The number of para-hydroxylation sites is 2. The number of esters is 1. The fourth-order valence-corrected chi connectivity index (χ4v) is 4.43. The number of aromatic nitrogens is 1. The minimum Gasteiger partial charge on any atom is -0.422 e. The number of fused-ring (bicyclic) bond motifs is 1. The van der Waals surface area contributed by atoms with E-state index in [4.69, 9.17) is 4.74 Å². The molecular weight excluding hydrogens is 587 g/mol. The maximum atomic E-state index is 13.7. The van der Waals surface area contributed by atoms with Crippen molar-refractivity contribution in [2.24, 2.45) is 5.10 Å². The standard InChI is InChI=1S/C30H19BrF3N3O3/c31-21-15-13-19(14-16-21)29(39)40-24-12-5-4-9-20(24)17-35-37-28(38)27-25(18-7-2-1-3-8-18)22-10-6-11-23(26(22)36-27)30(32,33)34/h1-17,36H,(H,37,38). The van der Waals surface area contributed by atoms with Crippen LogP contribution in [0.4, 0.5) is 13.2 Å². The van der Waals surface area contributed by atoms with E-state index < -0.39 is 23.6 Å². The number of ether oxygens (including phenoxy) is 1. The quantitative estimate of drug-likeness (QED) is 0.0904. The summed E-state index contributed by atoms with van der Waals surface area (Å²) < 4.78 is 47.5. The van der Waals surface area contributed by atoms with Crippen molar-refractivity contribution in [1.29, 1.82) is 0 Å². The predicted octanol–water partition coefficient (Wildman–Crippen LogP) is 7.60. The molecule has 0 saturated heterocycles. The van der Waals surface area contributed by atoms with E-state index in [0.717, 1.165) is 10.5 Å². The highest BCUT2D eigenvalue weighted by Gasteiger charge is 2.34. The smallest absolute Gasteiger partial charge is 0.418 e. The third-order valence-corrected chi connectivity index (χ3v) is 6.53. The predicted molar refractivity (Wildman–Crippen MR) is 149 cm³/mol. The van der Waals surface area contributed by atoms with Crippen LogP contribution < -0.4 is 10.2 Å². The summed E-state index contributed by atoms with van der Waals surface area (Å²) in [5.41, 5.74) is 2.82. The van der Waals surface area contributed by atoms with Gasteiger partial charge in [-0.1, -0.05) is 70.5 Å². The number of hydrazone groups is 1. The van der Waals surface area contributed by atoms with Crippen molar-refractivity contribution in [2.75, 3.05) is 0 Å². The molecule has 4 aromatic carbocycles. The third-order valence-electron chi connectivity index (χ3n) is 6.00. The molecule has 0 aliphatic heterocycles. The first-order chi connectivity index (χ1) is 19.2. The average Bonchev–Trinajstić information content (AvgIpc) is 3.34. The summed E-state index contributed by atoms with van der Waals surface area (Å²) >= 11 is 3.31. The van der Waals surface area contributed by atoms with E-state index in [1.54, 1.807) is 78.9 Å². The fraction of sp³-hybridized carbons (Fsp3) is 0.0333. The molecule has 10 heteroatoms. The molecule has 0 atom stereocenters. The van der Waals surface area contributed by atoms with Gasteiger partial charge in [0.2, 0.25) is 0 Å². The summed E-state index contributed by atoms with van der Waals surface area (Å²) in [4.78, 5) is 28.4. The Morgan fingerprint density at radius 2 is 1.57 bits per heavy atom. The maximum absolute atomic E-state index is 13.7. The number of amides is 1. The van der Waals surface area contributed by atoms with Crippen LogP contribution in [0.5, 0.6) is 5.75 Å². The van der Waals surface area contributed by atoms with E-state index >= 15 is 0 Å². The summed E-state index contributed by atoms with van der Waals surface area (Å²) in [7, 11) is 0. The van der Waals surface area contributed by atoms with Gasteiger partial charge in [-0.25, -0.2) is 10.2 Å². The van der Waals surface area contributed by atoms with Crippen molar-refractivity contribution in [1.82, 2.24) is 10.4 Å². The van der Waals surface area contributed by atoms with Gasteiger partial charge in [0.1, 0.15) is 11.4 Å². The van der Waals surface area contributed by atoms with E-state index in [-0.39, 0.29) is 22.3 Å². The molecule has 1 heterocycles. The van der Waals surface area contributed by atoms with Crippen LogP contribution >= 0.6 is 15.9 Å². The molecule has 5 aromatic rings. The maximum Gasteiger partial charge on any atom is 0.418 e. The topological polar surface area (TPSA) is 83.5 Å². The highest BCUT2D eigenvalue weighted by atomic mass is 79.9. The number of H-pyrrole nitrogens is 1. The lowest BCUT2D eigenvalue weighted by molar-refractivity contribution is -0.136. The molecule has 1 amide bonds. The highest BCUT2D eigenvalue weighted by Crippen LogP contribution is 2.39. The Hall–Kier alpha value is -4.70. The molecule has 0 saturated carbocycles. The summed E-state index contributed by atoms with van der Waals surface area (Å²) in [6.07, 6.45) is -3.34. The lowest BCUT2D eigenvalue weighted by Crippen LogP contribution is -2.19. The first-order valence-corrected chi connectivity index (χ1v) is 12.7. The molecule has 0 aliphatic carbocycles. The second kappa shape index (κ2) is 11.2. The van der Waals surface area contributed by atoms with Crippen molar-refractivity contribution in [3.05, 3.63) is 124 Å². The van der Waals surface area contributed by atoms with Crippen molar-refractivity contribution >= 4 is 44.9 Å². The Kier molecular flexibility index (Phi) is 7.52. The lowest BCUT2D eigenvalue weighted by atomic mass is 10.0. The lowest BCUT2D eigenvalue weighted by Gasteiger charge is -2.08. The monoisotopic (exact) mass is 605 g/mol. The van der Waals surface area contributed by atoms with Gasteiger partial charge >= 0.3 is 12.1 Å². The van der Waals surface area contributed by atoms with Gasteiger partial charge < -0.3 is 9.72 Å². The van der Waals surface area contributed by atoms with Gasteiger partial charge in [-0.05, 0) is 48.0 Å². The number of nitrogens with one attached hydrogen (secondary N) is 2. The average molecular weight is 606 g/mol. The van der Waals surface area contributed by atoms with Gasteiger partial charge in [0.05, 0.1) is 22.9 Å². The number of carbonyl (C=O) groups is 2. The van der Waals surface area contributed by atoms with Crippen LogP contribution in [-0.2, 0) is 6.18 Å². The number of nitrogens with zero attached hydrogens (tertiary/aromatic N) is 1. The molecule has 1 aromatic heterocycles. The minimum absolute atomic E-state index is 0.0787. The number of aromatic amines is 1. The van der Waals surface area contributed by atoms with E-state index in [0.29, 0.717) is 22.3 Å². The van der Waals surface area contributed by atoms with E-state index in [1.165, 1.54) is 18.3 Å². The molecule has 200 valence electrons. The summed E-state index contributed by atoms with van der Waals surface area (Å²) in [5.74, 6) is -1.12. The van der Waals surface area contributed by atoms with Crippen molar-refractivity contribution < 1.29 is 27.5 Å². The molecule has 2 N–H and O–H groups in total. The van der Waals surface area contributed by atoms with Crippen molar-refractivity contribution in [2.45, 2.75) is 6.18 Å². The van der Waals surface area contributed by atoms with Gasteiger partial charge in [0.15, 0.2) is 0 Å². The molecule has 40 heavy (non-hydrogen) atoms. The van der Waals surface area contributed by atoms with Crippen LogP contribution in [0.15, 0.2) is 107 Å². The number of carbonyl (C=O) groups excluding carboxylic acids is 2.